The van der Waals surface area contributed by atoms with Gasteiger partial charge in [0, 0.05) is 43.3 Å². The molecule has 0 radical (unpaired) electrons. The fourth-order valence-corrected chi connectivity index (χ4v) is 4.34. The van der Waals surface area contributed by atoms with Gasteiger partial charge in [0.15, 0.2) is 0 Å². The number of nitrogens with one attached hydrogen (secondary N) is 1. The smallest absolute Gasteiger partial charge is 0.239 e. The van der Waals surface area contributed by atoms with Crippen LogP contribution in [0.4, 0.5) is 0 Å². The molecule has 2 fully saturated rings. The van der Waals surface area contributed by atoms with Gasteiger partial charge >= 0.3 is 0 Å². The van der Waals surface area contributed by atoms with Crippen molar-refractivity contribution in [3.05, 3.63) is 34.8 Å². The van der Waals surface area contributed by atoms with Gasteiger partial charge in [0.25, 0.3) is 0 Å². The maximum Gasteiger partial charge on any atom is 0.239 e. The first-order valence-electron chi connectivity index (χ1n) is 8.79. The Labute approximate surface area is 150 Å². The summed E-state index contributed by atoms with van der Waals surface area (Å²) in [6, 6.07) is -0.224. The van der Waals surface area contributed by atoms with E-state index in [-0.39, 0.29) is 11.9 Å². The van der Waals surface area contributed by atoms with Crippen molar-refractivity contribution in [2.45, 2.75) is 43.9 Å². The van der Waals surface area contributed by atoms with E-state index in [1.165, 1.54) is 0 Å². The minimum absolute atomic E-state index is 0.126. The van der Waals surface area contributed by atoms with E-state index in [1.54, 1.807) is 11.3 Å². The molecule has 0 aromatic carbocycles. The molecule has 2 saturated heterocycles. The number of piperidine rings is 1. The zero-order chi connectivity index (χ0) is 17.2. The zero-order valence-electron chi connectivity index (χ0n) is 14.0. The summed E-state index contributed by atoms with van der Waals surface area (Å²) in [4.78, 5) is 23.4. The van der Waals surface area contributed by atoms with Crippen molar-refractivity contribution in [3.8, 4) is 0 Å². The highest BCUT2D eigenvalue weighted by Gasteiger charge is 2.34. The van der Waals surface area contributed by atoms with Crippen LogP contribution in [-0.2, 0) is 11.3 Å². The molecule has 7 nitrogen and oxygen atoms in total. The number of rotatable bonds is 4. The molecule has 0 unspecified atom stereocenters. The Morgan fingerprint density at radius 3 is 2.88 bits per heavy atom. The number of β-amino-alcohol motifs (C(OH)–C–C–N with tert-alkyl or cyclic N) is 1. The van der Waals surface area contributed by atoms with Gasteiger partial charge in [-0.2, -0.15) is 0 Å². The van der Waals surface area contributed by atoms with Gasteiger partial charge in [0.1, 0.15) is 5.82 Å². The quantitative estimate of drug-likeness (QED) is 0.842. The lowest BCUT2D eigenvalue weighted by atomic mass is 9.95. The molecule has 2 aliphatic heterocycles. The summed E-state index contributed by atoms with van der Waals surface area (Å²) in [6.45, 7) is 2.77. The van der Waals surface area contributed by atoms with E-state index in [1.807, 2.05) is 22.8 Å². The Balaban J connectivity index is 1.36. The second kappa shape index (κ2) is 7.23. The number of carbonyl (C=O) groups excluding carboxylic acids is 1. The predicted molar refractivity (Wildman–Crippen MR) is 94.4 cm³/mol. The molecule has 2 aliphatic rings. The van der Waals surface area contributed by atoms with Gasteiger partial charge < -0.3 is 19.9 Å². The lowest BCUT2D eigenvalue weighted by Crippen LogP contribution is -2.46. The summed E-state index contributed by atoms with van der Waals surface area (Å²) in [5.74, 6) is 1.59. The van der Waals surface area contributed by atoms with Crippen molar-refractivity contribution in [3.63, 3.8) is 0 Å². The van der Waals surface area contributed by atoms with Gasteiger partial charge in [-0.3, -0.25) is 4.79 Å². The molecule has 2 atom stereocenters. The Morgan fingerprint density at radius 1 is 1.36 bits per heavy atom. The molecule has 0 saturated carbocycles. The average molecular weight is 361 g/mol. The Bertz CT molecular complexity index is 708. The van der Waals surface area contributed by atoms with Crippen molar-refractivity contribution in [2.24, 2.45) is 0 Å². The second-order valence-corrected chi connectivity index (χ2v) is 7.56. The summed E-state index contributed by atoms with van der Waals surface area (Å²) >= 11 is 1.61. The number of amides is 1. The van der Waals surface area contributed by atoms with Crippen molar-refractivity contribution in [2.75, 3.05) is 19.6 Å². The minimum atomic E-state index is -0.398. The third kappa shape index (κ3) is 3.61. The molecule has 134 valence electrons. The van der Waals surface area contributed by atoms with Gasteiger partial charge in [-0.15, -0.1) is 11.3 Å². The Kier molecular flexibility index (Phi) is 4.82. The highest BCUT2D eigenvalue weighted by molar-refractivity contribution is 7.07. The topological polar surface area (TPSA) is 83.3 Å². The van der Waals surface area contributed by atoms with Crippen LogP contribution in [0.2, 0.25) is 0 Å². The third-order valence-electron chi connectivity index (χ3n) is 5.14. The maximum atomic E-state index is 12.5. The summed E-state index contributed by atoms with van der Waals surface area (Å²) in [5.41, 5.74) is 2.91. The number of likely N-dealkylation sites (tertiary alicyclic amines) is 1. The maximum absolute atomic E-state index is 12.5. The molecule has 8 heteroatoms. The summed E-state index contributed by atoms with van der Waals surface area (Å²) in [6.07, 6.45) is 5.84. The third-order valence-corrected chi connectivity index (χ3v) is 5.78. The van der Waals surface area contributed by atoms with Crippen molar-refractivity contribution >= 4 is 17.2 Å². The molecule has 0 bridgehead atoms. The molecule has 25 heavy (non-hydrogen) atoms. The highest BCUT2D eigenvalue weighted by Crippen LogP contribution is 2.28. The van der Waals surface area contributed by atoms with Crippen molar-refractivity contribution in [1.29, 1.82) is 0 Å². The first-order chi connectivity index (χ1) is 12.2. The van der Waals surface area contributed by atoms with Crippen LogP contribution in [0.15, 0.2) is 23.3 Å². The number of nitrogens with zero attached hydrogens (tertiary/aromatic N) is 4. The lowest BCUT2D eigenvalue weighted by Gasteiger charge is -2.33. The van der Waals surface area contributed by atoms with E-state index in [0.29, 0.717) is 18.9 Å². The Morgan fingerprint density at radius 2 is 2.20 bits per heavy atom. The number of aliphatic hydroxyl groups excluding tert-OH is 1. The van der Waals surface area contributed by atoms with Gasteiger partial charge in [-0.1, -0.05) is 0 Å². The van der Waals surface area contributed by atoms with E-state index < -0.39 is 6.10 Å². The second-order valence-electron chi connectivity index (χ2n) is 6.84. The van der Waals surface area contributed by atoms with Crippen molar-refractivity contribution < 1.29 is 9.90 Å². The average Bonchev–Trinajstić information content (AvgIpc) is 3.37. The molecule has 2 N–H and O–H groups in total. The number of aromatic nitrogens is 3. The summed E-state index contributed by atoms with van der Waals surface area (Å²) in [7, 11) is 0. The fraction of sp³-hybridized carbons (Fsp3) is 0.588. The Hall–Kier alpha value is -1.77. The standard InChI is InChI=1S/C17H23N5O2S/c23-14-7-15(19-8-14)17(24)21-4-1-12(2-5-21)16-18-3-6-22(16)9-13-10-25-11-20-13/h3,6,10-12,14-15,19,23H,1-2,4-5,7-9H2/t14-,15+/m0/s1. The molecule has 0 spiro atoms. The van der Waals surface area contributed by atoms with Crippen LogP contribution in [0.1, 0.15) is 36.7 Å². The van der Waals surface area contributed by atoms with Gasteiger partial charge in [0.05, 0.1) is 29.9 Å². The minimum Gasteiger partial charge on any atom is -0.392 e. The molecule has 4 rings (SSSR count). The van der Waals surface area contributed by atoms with Crippen LogP contribution in [0, 0.1) is 0 Å². The van der Waals surface area contributed by atoms with E-state index >= 15 is 0 Å². The zero-order valence-corrected chi connectivity index (χ0v) is 14.9. The molecule has 2 aromatic heterocycles. The molecule has 4 heterocycles. The number of thiazole rings is 1. The molecule has 2 aromatic rings. The van der Waals surface area contributed by atoms with Crippen LogP contribution in [0.25, 0.3) is 0 Å². The van der Waals surface area contributed by atoms with Crippen LogP contribution < -0.4 is 5.32 Å². The number of aliphatic hydroxyl groups is 1. The largest absolute Gasteiger partial charge is 0.392 e. The van der Waals surface area contributed by atoms with Gasteiger partial charge in [0.2, 0.25) is 5.91 Å². The molecule has 0 aliphatic carbocycles. The number of hydrogen-bond donors (Lipinski definition) is 2. The SMILES string of the molecule is O=C([C@H]1C[C@H](O)CN1)N1CCC(c2nccn2Cc2cscn2)CC1. The van der Waals surface area contributed by atoms with E-state index in [0.717, 1.165) is 44.0 Å². The summed E-state index contributed by atoms with van der Waals surface area (Å²) < 4.78 is 2.17. The van der Waals surface area contributed by atoms with Gasteiger partial charge in [-0.25, -0.2) is 9.97 Å². The molecule has 1 amide bonds. The molecular weight excluding hydrogens is 338 g/mol. The number of carbonyl (C=O) groups is 1. The predicted octanol–water partition coefficient (Wildman–Crippen LogP) is 0.817. The monoisotopic (exact) mass is 361 g/mol. The highest BCUT2D eigenvalue weighted by atomic mass is 32.1. The number of imidazole rings is 1. The van der Waals surface area contributed by atoms with Crippen molar-refractivity contribution in [1.82, 2.24) is 24.8 Å². The van der Waals surface area contributed by atoms with E-state index in [2.05, 4.69) is 25.2 Å². The lowest BCUT2D eigenvalue weighted by molar-refractivity contribution is -0.134. The van der Waals surface area contributed by atoms with E-state index in [9.17, 15) is 9.90 Å². The first-order valence-corrected chi connectivity index (χ1v) is 9.73. The fourth-order valence-electron chi connectivity index (χ4n) is 3.79. The summed E-state index contributed by atoms with van der Waals surface area (Å²) in [5, 5.41) is 14.8. The molecular formula is C17H23N5O2S. The van der Waals surface area contributed by atoms with Gasteiger partial charge in [-0.05, 0) is 19.3 Å². The van der Waals surface area contributed by atoms with Crippen LogP contribution >= 0.6 is 11.3 Å². The van der Waals surface area contributed by atoms with Crippen LogP contribution in [0.3, 0.4) is 0 Å². The normalized spacial score (nSPS) is 24.8. The van der Waals surface area contributed by atoms with Crippen LogP contribution in [0.5, 0.6) is 0 Å². The van der Waals surface area contributed by atoms with Crippen LogP contribution in [-0.4, -0.2) is 62.2 Å². The van der Waals surface area contributed by atoms with E-state index in [4.69, 9.17) is 0 Å². The first kappa shape index (κ1) is 16.7. The number of hydrogen-bond acceptors (Lipinski definition) is 6.